The van der Waals surface area contributed by atoms with E-state index in [1.807, 2.05) is 31.1 Å². The summed E-state index contributed by atoms with van der Waals surface area (Å²) < 4.78 is 32.6. The van der Waals surface area contributed by atoms with E-state index < -0.39 is 10.0 Å². The van der Waals surface area contributed by atoms with Crippen LogP contribution in [-0.2, 0) is 16.6 Å². The lowest BCUT2D eigenvalue weighted by Gasteiger charge is -2.18. The molecule has 0 atom stereocenters. The molecule has 1 aliphatic heterocycles. The molecular weight excluding hydrogens is 392 g/mol. The molecular formula is C20H26N4O4S. The molecule has 1 aromatic carbocycles. The van der Waals surface area contributed by atoms with E-state index in [9.17, 15) is 13.2 Å². The Balaban J connectivity index is 1.77. The Morgan fingerprint density at radius 2 is 1.93 bits per heavy atom. The minimum atomic E-state index is -3.70. The van der Waals surface area contributed by atoms with Crippen LogP contribution in [0.25, 0.3) is 0 Å². The Bertz CT molecular complexity index is 968. The predicted molar refractivity (Wildman–Crippen MR) is 111 cm³/mol. The molecule has 0 radical (unpaired) electrons. The third-order valence-electron chi connectivity index (χ3n) is 4.83. The van der Waals surface area contributed by atoms with Gasteiger partial charge in [-0.05, 0) is 42.7 Å². The molecule has 1 amide bonds. The molecule has 0 unspecified atom stereocenters. The van der Waals surface area contributed by atoms with Crippen LogP contribution in [0.4, 0.5) is 5.82 Å². The van der Waals surface area contributed by atoms with Crippen molar-refractivity contribution in [1.82, 2.24) is 14.6 Å². The summed E-state index contributed by atoms with van der Waals surface area (Å²) >= 11 is 0. The third-order valence-corrected chi connectivity index (χ3v) is 6.75. The standard InChI is InChI=1S/C20H26N4O4S/c1-23(2)19-9-6-15(13-21-19)14-22-20(25)16-7-8-17(28-3)18(12-16)29(26,27)24-10-4-5-11-24/h6-9,12-13H,4-5,10-11,14H2,1-3H3,(H,22,25). The summed E-state index contributed by atoms with van der Waals surface area (Å²) in [5.41, 5.74) is 1.11. The van der Waals surface area contributed by atoms with Gasteiger partial charge in [-0.15, -0.1) is 0 Å². The van der Waals surface area contributed by atoms with Crippen LogP contribution in [0.2, 0.25) is 0 Å². The fourth-order valence-corrected chi connectivity index (χ4v) is 4.86. The molecule has 156 valence electrons. The minimum absolute atomic E-state index is 0.0200. The number of nitrogens with one attached hydrogen (secondary N) is 1. The van der Waals surface area contributed by atoms with Gasteiger partial charge in [0.25, 0.3) is 5.91 Å². The van der Waals surface area contributed by atoms with Gasteiger partial charge in [0.15, 0.2) is 0 Å². The van der Waals surface area contributed by atoms with Crippen LogP contribution >= 0.6 is 0 Å². The zero-order chi connectivity index (χ0) is 21.0. The second kappa shape index (κ2) is 8.79. The summed E-state index contributed by atoms with van der Waals surface area (Å²) in [5, 5.41) is 2.81. The number of anilines is 1. The number of carbonyl (C=O) groups excluding carboxylic acids is 1. The molecule has 1 aromatic heterocycles. The Morgan fingerprint density at radius 1 is 1.21 bits per heavy atom. The van der Waals surface area contributed by atoms with E-state index in [0.717, 1.165) is 24.2 Å². The first-order valence-electron chi connectivity index (χ1n) is 9.41. The number of nitrogens with zero attached hydrogens (tertiary/aromatic N) is 3. The maximum absolute atomic E-state index is 13.0. The molecule has 0 bridgehead atoms. The second-order valence-corrected chi connectivity index (χ2v) is 8.98. The van der Waals surface area contributed by atoms with E-state index in [0.29, 0.717) is 19.6 Å². The maximum atomic E-state index is 13.0. The highest BCUT2D eigenvalue weighted by atomic mass is 32.2. The van der Waals surface area contributed by atoms with E-state index in [-0.39, 0.29) is 22.1 Å². The Morgan fingerprint density at radius 3 is 2.52 bits per heavy atom. The Labute approximate surface area is 171 Å². The van der Waals surface area contributed by atoms with Crippen molar-refractivity contribution in [2.45, 2.75) is 24.3 Å². The monoisotopic (exact) mass is 418 g/mol. The van der Waals surface area contributed by atoms with Crippen LogP contribution in [0.5, 0.6) is 5.75 Å². The van der Waals surface area contributed by atoms with E-state index in [1.165, 1.54) is 23.5 Å². The topological polar surface area (TPSA) is 91.8 Å². The number of hydrogen-bond donors (Lipinski definition) is 1. The summed E-state index contributed by atoms with van der Waals surface area (Å²) in [7, 11) is 1.52. The van der Waals surface area contributed by atoms with Crippen molar-refractivity contribution >= 4 is 21.7 Å². The van der Waals surface area contributed by atoms with Gasteiger partial charge in [-0.3, -0.25) is 4.79 Å². The van der Waals surface area contributed by atoms with E-state index in [4.69, 9.17) is 4.74 Å². The molecule has 0 spiro atoms. The van der Waals surface area contributed by atoms with E-state index >= 15 is 0 Å². The summed E-state index contributed by atoms with van der Waals surface area (Å²) in [6.07, 6.45) is 3.37. The van der Waals surface area contributed by atoms with Gasteiger partial charge in [-0.2, -0.15) is 4.31 Å². The fourth-order valence-electron chi connectivity index (χ4n) is 3.16. The lowest BCUT2D eigenvalue weighted by molar-refractivity contribution is 0.0950. The number of sulfonamides is 1. The Kier molecular flexibility index (Phi) is 6.39. The zero-order valence-corrected chi connectivity index (χ0v) is 17.7. The van der Waals surface area contributed by atoms with Gasteiger partial charge in [0.1, 0.15) is 16.5 Å². The molecule has 0 aliphatic carbocycles. The molecule has 0 saturated carbocycles. The van der Waals surface area contributed by atoms with E-state index in [1.54, 1.807) is 12.3 Å². The number of pyridine rings is 1. The fraction of sp³-hybridized carbons (Fsp3) is 0.400. The number of aromatic nitrogens is 1. The second-order valence-electron chi connectivity index (χ2n) is 7.08. The van der Waals surface area contributed by atoms with Crippen LogP contribution in [0.3, 0.4) is 0 Å². The molecule has 9 heteroatoms. The maximum Gasteiger partial charge on any atom is 0.251 e. The van der Waals surface area contributed by atoms with Crippen molar-refractivity contribution < 1.29 is 17.9 Å². The first-order chi connectivity index (χ1) is 13.8. The predicted octanol–water partition coefficient (Wildman–Crippen LogP) is 1.87. The molecule has 1 N–H and O–H groups in total. The average molecular weight is 419 g/mol. The molecule has 8 nitrogen and oxygen atoms in total. The summed E-state index contributed by atoms with van der Waals surface area (Å²) in [6.45, 7) is 1.26. The molecule has 3 rings (SSSR count). The molecule has 1 saturated heterocycles. The SMILES string of the molecule is COc1ccc(C(=O)NCc2ccc(N(C)C)nc2)cc1S(=O)(=O)N1CCCC1. The first kappa shape index (κ1) is 21.1. The summed E-state index contributed by atoms with van der Waals surface area (Å²) in [6, 6.07) is 8.22. The highest BCUT2D eigenvalue weighted by Crippen LogP contribution is 2.29. The molecule has 29 heavy (non-hydrogen) atoms. The first-order valence-corrected chi connectivity index (χ1v) is 10.9. The molecule has 2 aromatic rings. The quantitative estimate of drug-likeness (QED) is 0.738. The summed E-state index contributed by atoms with van der Waals surface area (Å²) in [4.78, 5) is 18.8. The highest BCUT2D eigenvalue weighted by molar-refractivity contribution is 7.89. The number of rotatable bonds is 7. The number of amides is 1. The van der Waals surface area contributed by atoms with Crippen molar-refractivity contribution in [2.24, 2.45) is 0 Å². The molecule has 1 fully saturated rings. The number of hydrogen-bond acceptors (Lipinski definition) is 6. The normalized spacial score (nSPS) is 14.6. The Hall–Kier alpha value is -2.65. The van der Waals surface area contributed by atoms with Crippen LogP contribution < -0.4 is 15.0 Å². The molecule has 1 aliphatic rings. The summed E-state index contributed by atoms with van der Waals surface area (Å²) in [5.74, 6) is 0.700. The lowest BCUT2D eigenvalue weighted by Crippen LogP contribution is -2.29. The minimum Gasteiger partial charge on any atom is -0.495 e. The van der Waals surface area contributed by atoms with Crippen molar-refractivity contribution in [3.05, 3.63) is 47.7 Å². The van der Waals surface area contributed by atoms with E-state index in [2.05, 4.69) is 10.3 Å². The third kappa shape index (κ3) is 4.68. The van der Waals surface area contributed by atoms with Crippen molar-refractivity contribution in [1.29, 1.82) is 0 Å². The smallest absolute Gasteiger partial charge is 0.251 e. The van der Waals surface area contributed by atoms with Gasteiger partial charge in [-0.1, -0.05) is 6.07 Å². The van der Waals surface area contributed by atoms with Gasteiger partial charge in [0.2, 0.25) is 10.0 Å². The van der Waals surface area contributed by atoms with Crippen LogP contribution in [0.15, 0.2) is 41.4 Å². The van der Waals surface area contributed by atoms with Crippen LogP contribution in [0.1, 0.15) is 28.8 Å². The average Bonchev–Trinajstić information content (AvgIpc) is 3.27. The van der Waals surface area contributed by atoms with Crippen molar-refractivity contribution in [2.75, 3.05) is 39.2 Å². The number of methoxy groups -OCH3 is 1. The lowest BCUT2D eigenvalue weighted by atomic mass is 10.2. The van der Waals surface area contributed by atoms with Gasteiger partial charge >= 0.3 is 0 Å². The van der Waals surface area contributed by atoms with Gasteiger partial charge in [-0.25, -0.2) is 13.4 Å². The highest BCUT2D eigenvalue weighted by Gasteiger charge is 2.30. The van der Waals surface area contributed by atoms with Gasteiger partial charge in [0, 0.05) is 45.5 Å². The van der Waals surface area contributed by atoms with Crippen LogP contribution in [0, 0.1) is 0 Å². The number of carbonyl (C=O) groups is 1. The largest absolute Gasteiger partial charge is 0.495 e. The van der Waals surface area contributed by atoms with Gasteiger partial charge < -0.3 is 15.0 Å². The van der Waals surface area contributed by atoms with Crippen molar-refractivity contribution in [3.63, 3.8) is 0 Å². The number of ether oxygens (including phenoxy) is 1. The molecule has 2 heterocycles. The van der Waals surface area contributed by atoms with Crippen molar-refractivity contribution in [3.8, 4) is 5.75 Å². The number of benzene rings is 1. The van der Waals surface area contributed by atoms with Gasteiger partial charge in [0.05, 0.1) is 7.11 Å². The van der Waals surface area contributed by atoms with Crippen LogP contribution in [-0.4, -0.2) is 57.9 Å². The zero-order valence-electron chi connectivity index (χ0n) is 16.9.